The van der Waals surface area contributed by atoms with Gasteiger partial charge in [-0.1, -0.05) is 42.5 Å². The lowest BCUT2D eigenvalue weighted by molar-refractivity contribution is -0.116. The van der Waals surface area contributed by atoms with Gasteiger partial charge in [0.25, 0.3) is 11.5 Å². The predicted molar refractivity (Wildman–Crippen MR) is 131 cm³/mol. The summed E-state index contributed by atoms with van der Waals surface area (Å²) in [5, 5.41) is 5.68. The number of pyridine rings is 1. The first-order valence-corrected chi connectivity index (χ1v) is 11.3. The molecule has 0 atom stereocenters. The monoisotopic (exact) mass is 460 g/mol. The molecule has 4 rings (SSSR count). The van der Waals surface area contributed by atoms with Gasteiger partial charge in [0, 0.05) is 44.0 Å². The van der Waals surface area contributed by atoms with Gasteiger partial charge in [-0.3, -0.25) is 19.3 Å². The van der Waals surface area contributed by atoms with Crippen LogP contribution in [0.1, 0.15) is 22.3 Å². The molecule has 0 saturated carbocycles. The van der Waals surface area contributed by atoms with Crippen LogP contribution >= 0.6 is 0 Å². The number of anilines is 1. The SMILES string of the molecule is O=C(CCN1CCOCC1)Nc1cccc(CNC(=O)c2ccc(-c3ccccc3)[nH]c2=O)c1. The van der Waals surface area contributed by atoms with Crippen molar-refractivity contribution in [3.63, 3.8) is 0 Å². The highest BCUT2D eigenvalue weighted by Crippen LogP contribution is 2.15. The Kier molecular flexibility index (Phi) is 7.85. The molecule has 1 fully saturated rings. The second-order valence-electron chi connectivity index (χ2n) is 8.12. The Morgan fingerprint density at radius 1 is 0.971 bits per heavy atom. The summed E-state index contributed by atoms with van der Waals surface area (Å²) in [6.07, 6.45) is 0.405. The topological polar surface area (TPSA) is 104 Å². The zero-order chi connectivity index (χ0) is 23.8. The number of aromatic amines is 1. The Hall–Kier alpha value is -3.75. The van der Waals surface area contributed by atoms with E-state index in [1.807, 2.05) is 54.6 Å². The number of nitrogens with one attached hydrogen (secondary N) is 3. The predicted octanol–water partition coefficient (Wildman–Crippen LogP) is 2.63. The third-order valence-corrected chi connectivity index (χ3v) is 5.66. The van der Waals surface area contributed by atoms with Crippen LogP contribution in [0.5, 0.6) is 0 Å². The van der Waals surface area contributed by atoms with Gasteiger partial charge in [-0.15, -0.1) is 0 Å². The summed E-state index contributed by atoms with van der Waals surface area (Å²) < 4.78 is 5.32. The quantitative estimate of drug-likeness (QED) is 0.480. The van der Waals surface area contributed by atoms with E-state index in [0.717, 1.165) is 24.2 Å². The molecule has 1 aliphatic heterocycles. The van der Waals surface area contributed by atoms with Crippen molar-refractivity contribution in [2.24, 2.45) is 0 Å². The van der Waals surface area contributed by atoms with Crippen LogP contribution < -0.4 is 16.2 Å². The number of hydrogen-bond acceptors (Lipinski definition) is 5. The number of nitrogens with zero attached hydrogens (tertiary/aromatic N) is 1. The van der Waals surface area contributed by atoms with Crippen molar-refractivity contribution >= 4 is 17.5 Å². The molecule has 0 aliphatic carbocycles. The van der Waals surface area contributed by atoms with E-state index in [2.05, 4.69) is 20.5 Å². The lowest BCUT2D eigenvalue weighted by Crippen LogP contribution is -2.38. The molecule has 2 aromatic carbocycles. The molecule has 2 amide bonds. The third-order valence-electron chi connectivity index (χ3n) is 5.66. The number of carbonyl (C=O) groups is 2. The number of rotatable bonds is 8. The number of morpholine rings is 1. The highest BCUT2D eigenvalue weighted by Gasteiger charge is 2.13. The Labute approximate surface area is 198 Å². The van der Waals surface area contributed by atoms with Crippen LogP contribution in [0.15, 0.2) is 71.5 Å². The molecule has 0 spiro atoms. The summed E-state index contributed by atoms with van der Waals surface area (Å²) in [7, 11) is 0. The normalized spacial score (nSPS) is 13.9. The second-order valence-corrected chi connectivity index (χ2v) is 8.12. The summed E-state index contributed by atoms with van der Waals surface area (Å²) in [5.74, 6) is -0.515. The molecule has 8 heteroatoms. The van der Waals surface area contributed by atoms with Crippen molar-refractivity contribution in [2.45, 2.75) is 13.0 Å². The Morgan fingerprint density at radius 3 is 2.53 bits per heavy atom. The van der Waals surface area contributed by atoms with Crippen molar-refractivity contribution < 1.29 is 14.3 Å². The minimum Gasteiger partial charge on any atom is -0.379 e. The molecule has 1 aliphatic rings. The fourth-order valence-corrected chi connectivity index (χ4v) is 3.78. The van der Waals surface area contributed by atoms with Crippen molar-refractivity contribution in [3.8, 4) is 11.3 Å². The fourth-order valence-electron chi connectivity index (χ4n) is 3.78. The van der Waals surface area contributed by atoms with Gasteiger partial charge in [0.1, 0.15) is 5.56 Å². The zero-order valence-corrected chi connectivity index (χ0v) is 18.9. The largest absolute Gasteiger partial charge is 0.379 e. The van der Waals surface area contributed by atoms with E-state index in [1.165, 1.54) is 6.07 Å². The van der Waals surface area contributed by atoms with Crippen LogP contribution in [0, 0.1) is 0 Å². The van der Waals surface area contributed by atoms with Gasteiger partial charge in [0.2, 0.25) is 5.91 Å². The molecule has 3 N–H and O–H groups in total. The van der Waals surface area contributed by atoms with Gasteiger partial charge in [0.05, 0.1) is 13.2 Å². The van der Waals surface area contributed by atoms with Crippen LogP contribution in [0.4, 0.5) is 5.69 Å². The van der Waals surface area contributed by atoms with Crippen molar-refractivity contribution in [1.29, 1.82) is 0 Å². The van der Waals surface area contributed by atoms with Crippen LogP contribution in [-0.4, -0.2) is 54.5 Å². The van der Waals surface area contributed by atoms with Crippen LogP contribution in [0.25, 0.3) is 11.3 Å². The maximum Gasteiger partial charge on any atom is 0.261 e. The van der Waals surface area contributed by atoms with E-state index < -0.39 is 11.5 Å². The zero-order valence-electron chi connectivity index (χ0n) is 18.9. The Balaban J connectivity index is 1.30. The second kappa shape index (κ2) is 11.4. The molecule has 2 heterocycles. The first-order chi connectivity index (χ1) is 16.6. The lowest BCUT2D eigenvalue weighted by Gasteiger charge is -2.26. The molecular formula is C26H28N4O4. The highest BCUT2D eigenvalue weighted by molar-refractivity contribution is 5.94. The number of amides is 2. The molecular weight excluding hydrogens is 432 g/mol. The molecule has 8 nitrogen and oxygen atoms in total. The van der Waals surface area contributed by atoms with E-state index in [0.29, 0.717) is 37.6 Å². The van der Waals surface area contributed by atoms with E-state index in [4.69, 9.17) is 4.74 Å². The van der Waals surface area contributed by atoms with Crippen molar-refractivity contribution in [3.05, 3.63) is 88.2 Å². The fraction of sp³-hybridized carbons (Fsp3) is 0.269. The van der Waals surface area contributed by atoms with Crippen LogP contribution in [0.2, 0.25) is 0 Å². The molecule has 1 aromatic heterocycles. The number of benzene rings is 2. The first-order valence-electron chi connectivity index (χ1n) is 11.3. The van der Waals surface area contributed by atoms with E-state index in [9.17, 15) is 14.4 Å². The molecule has 176 valence electrons. The summed E-state index contributed by atoms with van der Waals surface area (Å²) in [6.45, 7) is 4.04. The molecule has 34 heavy (non-hydrogen) atoms. The Bertz CT molecular complexity index is 1190. The highest BCUT2D eigenvalue weighted by atomic mass is 16.5. The molecule has 0 bridgehead atoms. The van der Waals surface area contributed by atoms with Gasteiger partial charge < -0.3 is 20.4 Å². The number of aromatic nitrogens is 1. The third kappa shape index (κ3) is 6.40. The first kappa shape index (κ1) is 23.4. The maximum absolute atomic E-state index is 12.6. The van der Waals surface area contributed by atoms with Gasteiger partial charge in [-0.2, -0.15) is 0 Å². The number of ether oxygens (including phenoxy) is 1. The molecule has 1 saturated heterocycles. The van der Waals surface area contributed by atoms with Crippen LogP contribution in [0.3, 0.4) is 0 Å². The average Bonchev–Trinajstić information content (AvgIpc) is 2.87. The van der Waals surface area contributed by atoms with Crippen LogP contribution in [-0.2, 0) is 16.1 Å². The average molecular weight is 461 g/mol. The summed E-state index contributed by atoms with van der Waals surface area (Å²) in [4.78, 5) is 42.3. The van der Waals surface area contributed by atoms with Crippen molar-refractivity contribution in [2.75, 3.05) is 38.2 Å². The van der Waals surface area contributed by atoms with E-state index in [-0.39, 0.29) is 18.0 Å². The summed E-state index contributed by atoms with van der Waals surface area (Å²) in [6, 6.07) is 20.0. The number of hydrogen-bond donors (Lipinski definition) is 3. The van der Waals surface area contributed by atoms with E-state index in [1.54, 1.807) is 6.07 Å². The smallest absolute Gasteiger partial charge is 0.261 e. The molecule has 0 unspecified atom stereocenters. The standard InChI is InChI=1S/C26H28N4O4/c31-24(11-12-30-13-15-34-16-14-30)28-21-8-4-5-19(17-21)18-27-25(32)22-9-10-23(29-26(22)33)20-6-2-1-3-7-20/h1-10,17H,11-16,18H2,(H,27,32)(H,28,31)(H,29,33). The number of carbonyl (C=O) groups excluding carboxylic acids is 2. The minimum atomic E-state index is -0.458. The lowest BCUT2D eigenvalue weighted by atomic mass is 10.1. The van der Waals surface area contributed by atoms with Crippen molar-refractivity contribution in [1.82, 2.24) is 15.2 Å². The van der Waals surface area contributed by atoms with Gasteiger partial charge in [0.15, 0.2) is 0 Å². The van der Waals surface area contributed by atoms with Gasteiger partial charge >= 0.3 is 0 Å². The van der Waals surface area contributed by atoms with Gasteiger partial charge in [-0.05, 0) is 35.4 Å². The van der Waals surface area contributed by atoms with Gasteiger partial charge in [-0.25, -0.2) is 0 Å². The van der Waals surface area contributed by atoms with E-state index >= 15 is 0 Å². The summed E-state index contributed by atoms with van der Waals surface area (Å²) in [5.41, 5.74) is 2.61. The minimum absolute atomic E-state index is 0.0484. The molecule has 3 aromatic rings. The summed E-state index contributed by atoms with van der Waals surface area (Å²) >= 11 is 0. The number of H-pyrrole nitrogens is 1. The maximum atomic E-state index is 12.6. The molecule has 0 radical (unpaired) electrons. The Morgan fingerprint density at radius 2 is 1.76 bits per heavy atom.